The zero-order chi connectivity index (χ0) is 14.7. The van der Waals surface area contributed by atoms with Gasteiger partial charge in [-0.3, -0.25) is 19.9 Å². The molecule has 1 aromatic rings. The summed E-state index contributed by atoms with van der Waals surface area (Å²) in [6.07, 6.45) is 1.91. The van der Waals surface area contributed by atoms with Crippen molar-refractivity contribution in [1.29, 1.82) is 0 Å². The van der Waals surface area contributed by atoms with Crippen molar-refractivity contribution >= 4 is 23.2 Å². The third-order valence-corrected chi connectivity index (χ3v) is 4.75. The molecule has 1 aromatic heterocycles. The van der Waals surface area contributed by atoms with E-state index in [1.807, 2.05) is 13.0 Å². The number of likely N-dealkylation sites (tertiary alicyclic amines) is 1. The number of amides is 2. The summed E-state index contributed by atoms with van der Waals surface area (Å²) in [4.78, 5) is 27.2. The topological polar surface area (TPSA) is 87.5 Å². The molecule has 1 atom stereocenters. The molecule has 0 radical (unpaired) electrons. The zero-order valence-corrected chi connectivity index (χ0v) is 12.5. The van der Waals surface area contributed by atoms with Gasteiger partial charge in [-0.05, 0) is 37.9 Å². The molecule has 1 fully saturated rings. The van der Waals surface area contributed by atoms with Gasteiger partial charge in [-0.25, -0.2) is 5.84 Å². The predicted molar refractivity (Wildman–Crippen MR) is 78.2 cm³/mol. The number of rotatable bonds is 4. The lowest BCUT2D eigenvalue weighted by atomic mass is 10.2. The molecular weight excluding hydrogens is 276 g/mol. The van der Waals surface area contributed by atoms with Gasteiger partial charge in [0.15, 0.2) is 0 Å². The fraction of sp³-hybridized carbons (Fsp3) is 0.538. The van der Waals surface area contributed by atoms with Crippen molar-refractivity contribution in [1.82, 2.24) is 15.6 Å². The van der Waals surface area contributed by atoms with E-state index in [9.17, 15) is 9.59 Å². The Morgan fingerprint density at radius 1 is 1.55 bits per heavy atom. The molecule has 0 spiro atoms. The highest BCUT2D eigenvalue weighted by Crippen LogP contribution is 2.26. The Morgan fingerprint density at radius 2 is 2.30 bits per heavy atom. The first-order chi connectivity index (χ1) is 9.56. The van der Waals surface area contributed by atoms with Crippen LogP contribution < -0.4 is 16.6 Å². The van der Waals surface area contributed by atoms with Crippen LogP contribution in [0, 0.1) is 6.92 Å². The molecule has 0 saturated carbocycles. The number of nitrogens with zero attached hydrogens (tertiary/aromatic N) is 1. The molecule has 1 aliphatic rings. The average molecular weight is 296 g/mol. The molecule has 110 valence electrons. The number of thiophene rings is 1. The van der Waals surface area contributed by atoms with Gasteiger partial charge < -0.3 is 5.32 Å². The van der Waals surface area contributed by atoms with Crippen molar-refractivity contribution in [3.05, 3.63) is 21.4 Å². The highest BCUT2D eigenvalue weighted by Gasteiger charge is 2.30. The fourth-order valence-electron chi connectivity index (χ4n) is 2.56. The van der Waals surface area contributed by atoms with Crippen LogP contribution in [0.15, 0.2) is 6.07 Å². The second-order valence-corrected chi connectivity index (χ2v) is 6.16. The van der Waals surface area contributed by atoms with Crippen molar-refractivity contribution < 1.29 is 9.59 Å². The minimum atomic E-state index is -0.270. The number of hydrogen-bond donors (Lipinski definition) is 3. The molecule has 7 heteroatoms. The first kappa shape index (κ1) is 15.0. The number of carbonyl (C=O) groups is 2. The average Bonchev–Trinajstić information content (AvgIpc) is 3.05. The van der Waals surface area contributed by atoms with Gasteiger partial charge >= 0.3 is 0 Å². The number of hydrazine groups is 1. The SMILES string of the molecule is CNC(=O)C1CCCN1Cc1cc(C(=O)NN)sc1C. The van der Waals surface area contributed by atoms with Crippen LogP contribution >= 0.6 is 11.3 Å². The quantitative estimate of drug-likeness (QED) is 0.425. The summed E-state index contributed by atoms with van der Waals surface area (Å²) in [7, 11) is 1.67. The van der Waals surface area contributed by atoms with Crippen LogP contribution in [-0.4, -0.2) is 36.3 Å². The van der Waals surface area contributed by atoms with E-state index in [0.29, 0.717) is 11.4 Å². The van der Waals surface area contributed by atoms with Gasteiger partial charge in [0.1, 0.15) is 0 Å². The molecule has 0 aliphatic carbocycles. The third-order valence-electron chi connectivity index (χ3n) is 3.66. The van der Waals surface area contributed by atoms with Crippen molar-refractivity contribution in [2.75, 3.05) is 13.6 Å². The van der Waals surface area contributed by atoms with Gasteiger partial charge in [-0.1, -0.05) is 0 Å². The van der Waals surface area contributed by atoms with Gasteiger partial charge in [0, 0.05) is 18.5 Å². The van der Waals surface area contributed by atoms with Crippen molar-refractivity contribution in [2.24, 2.45) is 5.84 Å². The number of hydrogen-bond acceptors (Lipinski definition) is 5. The van der Waals surface area contributed by atoms with Gasteiger partial charge in [-0.2, -0.15) is 0 Å². The number of nitrogen functional groups attached to an aromatic ring is 1. The van der Waals surface area contributed by atoms with Crippen LogP contribution in [0.25, 0.3) is 0 Å². The summed E-state index contributed by atoms with van der Waals surface area (Å²) in [5, 5.41) is 2.71. The Kier molecular flexibility index (Phi) is 4.74. The number of nitrogens with one attached hydrogen (secondary N) is 2. The first-order valence-corrected chi connectivity index (χ1v) is 7.44. The minimum Gasteiger partial charge on any atom is -0.358 e. The summed E-state index contributed by atoms with van der Waals surface area (Å²) in [5.41, 5.74) is 3.23. The van der Waals surface area contributed by atoms with Crippen LogP contribution in [0.3, 0.4) is 0 Å². The lowest BCUT2D eigenvalue weighted by Gasteiger charge is -2.22. The molecule has 6 nitrogen and oxygen atoms in total. The van der Waals surface area contributed by atoms with Crippen LogP contribution in [0.2, 0.25) is 0 Å². The van der Waals surface area contributed by atoms with Crippen molar-refractivity contribution in [3.8, 4) is 0 Å². The monoisotopic (exact) mass is 296 g/mol. The highest BCUT2D eigenvalue weighted by atomic mass is 32.1. The Labute approximate surface area is 122 Å². The predicted octanol–water partition coefficient (Wildman–Crippen LogP) is 0.370. The van der Waals surface area contributed by atoms with E-state index in [2.05, 4.69) is 15.6 Å². The van der Waals surface area contributed by atoms with E-state index in [4.69, 9.17) is 5.84 Å². The van der Waals surface area contributed by atoms with E-state index in [1.54, 1.807) is 7.05 Å². The van der Waals surface area contributed by atoms with Crippen LogP contribution in [0.4, 0.5) is 0 Å². The summed E-state index contributed by atoms with van der Waals surface area (Å²) in [6.45, 7) is 3.59. The lowest BCUT2D eigenvalue weighted by molar-refractivity contribution is -0.125. The van der Waals surface area contributed by atoms with E-state index < -0.39 is 0 Å². The third kappa shape index (κ3) is 3.00. The second kappa shape index (κ2) is 6.34. The van der Waals surface area contributed by atoms with E-state index in [0.717, 1.165) is 29.8 Å². The Morgan fingerprint density at radius 3 is 2.95 bits per heavy atom. The van der Waals surface area contributed by atoms with Crippen LogP contribution in [-0.2, 0) is 11.3 Å². The molecular formula is C13H20N4O2S. The normalized spacial score (nSPS) is 19.1. The molecule has 2 rings (SSSR count). The number of carbonyl (C=O) groups excluding carboxylic acids is 2. The largest absolute Gasteiger partial charge is 0.358 e. The maximum absolute atomic E-state index is 11.8. The van der Waals surface area contributed by atoms with Crippen LogP contribution in [0.5, 0.6) is 0 Å². The Bertz CT molecular complexity index is 514. The van der Waals surface area contributed by atoms with Gasteiger partial charge in [-0.15, -0.1) is 11.3 Å². The van der Waals surface area contributed by atoms with Gasteiger partial charge in [0.05, 0.1) is 10.9 Å². The molecule has 1 unspecified atom stereocenters. The Hall–Kier alpha value is -1.44. The number of aryl methyl sites for hydroxylation is 1. The smallest absolute Gasteiger partial charge is 0.275 e. The molecule has 1 saturated heterocycles. The summed E-state index contributed by atoms with van der Waals surface area (Å²) >= 11 is 1.43. The van der Waals surface area contributed by atoms with Gasteiger partial charge in [0.2, 0.25) is 5.91 Å². The second-order valence-electron chi connectivity index (χ2n) is 4.91. The first-order valence-electron chi connectivity index (χ1n) is 6.62. The van der Waals surface area contributed by atoms with E-state index >= 15 is 0 Å². The summed E-state index contributed by atoms with van der Waals surface area (Å²) in [6, 6.07) is 1.80. The number of nitrogens with two attached hydrogens (primary N) is 1. The highest BCUT2D eigenvalue weighted by molar-refractivity contribution is 7.14. The fourth-order valence-corrected chi connectivity index (χ4v) is 3.49. The molecule has 2 heterocycles. The molecule has 20 heavy (non-hydrogen) atoms. The molecule has 0 aromatic carbocycles. The molecule has 0 bridgehead atoms. The number of likely N-dealkylation sites (N-methyl/N-ethyl adjacent to an activating group) is 1. The summed E-state index contributed by atoms with van der Waals surface area (Å²) < 4.78 is 0. The lowest BCUT2D eigenvalue weighted by Crippen LogP contribution is -2.41. The molecule has 1 aliphatic heterocycles. The van der Waals surface area contributed by atoms with Crippen LogP contribution in [0.1, 0.15) is 33.0 Å². The van der Waals surface area contributed by atoms with Crippen molar-refractivity contribution in [3.63, 3.8) is 0 Å². The van der Waals surface area contributed by atoms with Gasteiger partial charge in [0.25, 0.3) is 5.91 Å². The maximum atomic E-state index is 11.8. The van der Waals surface area contributed by atoms with E-state index in [-0.39, 0.29) is 17.9 Å². The van der Waals surface area contributed by atoms with E-state index in [1.165, 1.54) is 11.3 Å². The maximum Gasteiger partial charge on any atom is 0.275 e. The Balaban J connectivity index is 2.11. The summed E-state index contributed by atoms with van der Waals surface area (Å²) in [5.74, 6) is 4.95. The standard InChI is InChI=1S/C13H20N4O2S/c1-8-9(6-11(20-8)13(19)16-14)7-17-5-3-4-10(17)12(18)15-2/h6,10H,3-5,7,14H2,1-2H3,(H,15,18)(H,16,19). The molecule has 4 N–H and O–H groups in total. The van der Waals surface area contributed by atoms with Crippen molar-refractivity contribution in [2.45, 2.75) is 32.4 Å². The minimum absolute atomic E-state index is 0.0638. The zero-order valence-electron chi connectivity index (χ0n) is 11.7. The molecule has 2 amide bonds.